The van der Waals surface area contributed by atoms with Crippen LogP contribution in [-0.4, -0.2) is 108 Å². The topological polar surface area (TPSA) is 228 Å². The zero-order valence-electron chi connectivity index (χ0n) is 35.6. The van der Waals surface area contributed by atoms with Crippen molar-refractivity contribution in [2.24, 2.45) is 23.1 Å². The molecule has 62 heavy (non-hydrogen) atoms. The molecule has 5 unspecified atom stereocenters. The standard InChI is InChI=1S/C17H35F3N2O4S2.C9H19F3N2O4S2.C3H7F3N2O4S2/c1-5-9-11-15(7-3)13-22(14-16(8-4)12-10-6-2)28(24,25)21-27(23,26-20)17(18)19;1-3-5-7-14(8-6-4-2)20(16,17)13-19(15,18-12)9(10)11;1-8(2)14(10,11)7-13(9,12-6)3(4)5/h15-17H,5-14H2,1-4H3;9H,3-8H2,1-2H3;3H,1-2H3. The van der Waals surface area contributed by atoms with Gasteiger partial charge in [0, 0.05) is 40.3 Å². The van der Waals surface area contributed by atoms with Crippen molar-refractivity contribution in [1.29, 1.82) is 0 Å². The van der Waals surface area contributed by atoms with Crippen LogP contribution in [0.15, 0.2) is 11.3 Å². The average molecular weight is 1050 g/mol. The predicted octanol–water partition coefficient (Wildman–Crippen LogP) is 8.41. The van der Waals surface area contributed by atoms with E-state index in [4.69, 9.17) is 0 Å². The Morgan fingerprint density at radius 2 is 0.726 bits per heavy atom. The Balaban J connectivity index is -0.000000895. The van der Waals surface area contributed by atoms with E-state index in [0.717, 1.165) is 61.2 Å². The minimum absolute atomic E-state index is 0.00232. The van der Waals surface area contributed by atoms with Crippen LogP contribution in [-0.2, 0) is 73.8 Å². The average Bonchev–Trinajstić information content (AvgIpc) is 3.19. The van der Waals surface area contributed by atoms with Gasteiger partial charge >= 0.3 is 47.9 Å². The molecule has 0 saturated heterocycles. The lowest BCUT2D eigenvalue weighted by molar-refractivity contribution is -0.000824. The molecule has 0 aliphatic heterocycles. The first-order valence-electron chi connectivity index (χ1n) is 19.0. The van der Waals surface area contributed by atoms with Crippen molar-refractivity contribution in [2.45, 2.75) is 136 Å². The summed E-state index contributed by atoms with van der Waals surface area (Å²) in [5.74, 6) is -11.6. The van der Waals surface area contributed by atoms with Crippen LogP contribution >= 0.6 is 0 Å². The molecule has 33 heteroatoms. The van der Waals surface area contributed by atoms with Gasteiger partial charge in [-0.05, 0) is 51.1 Å². The Morgan fingerprint density at radius 1 is 0.452 bits per heavy atom. The van der Waals surface area contributed by atoms with Gasteiger partial charge in [0.15, 0.2) is 0 Å². The minimum Gasteiger partial charge on any atom is -0.211 e. The lowest BCUT2D eigenvalue weighted by Gasteiger charge is -2.28. The Kier molecular flexibility index (Phi) is 33.3. The molecule has 0 radical (unpaired) electrons. The van der Waals surface area contributed by atoms with E-state index in [0.29, 0.717) is 42.8 Å². The molecule has 0 amide bonds. The highest BCUT2D eigenvalue weighted by Crippen LogP contribution is 2.24. The van der Waals surface area contributed by atoms with Crippen molar-refractivity contribution >= 4 is 60.7 Å². The molecule has 5 atom stereocenters. The monoisotopic (exact) mass is 1050 g/mol. The number of hydrogen-bond acceptors (Lipinski definition) is 12. The van der Waals surface area contributed by atoms with Crippen molar-refractivity contribution < 1.29 is 91.0 Å². The summed E-state index contributed by atoms with van der Waals surface area (Å²) in [5, 5.41) is 0. The molecule has 0 aromatic rings. The van der Waals surface area contributed by atoms with Crippen molar-refractivity contribution in [3.05, 3.63) is 0 Å². The van der Waals surface area contributed by atoms with Crippen LogP contribution in [0.3, 0.4) is 0 Å². The van der Waals surface area contributed by atoms with Gasteiger partial charge in [-0.1, -0.05) is 117 Å². The van der Waals surface area contributed by atoms with E-state index in [1.165, 1.54) is 0 Å². The van der Waals surface area contributed by atoms with Gasteiger partial charge in [-0.25, -0.2) is 12.6 Å². The SMILES string of the molecule is CCCCC(CC)CN(CC(CC)CCCC)S(=O)(=O)N=S(=O)(OF)C(F)F.CCCCN(CCCC)S(=O)(=O)N=S(=O)(OF)C(F)F.CN(C)S(=O)(=O)N=S(=O)(OF)C(F)F. The summed E-state index contributed by atoms with van der Waals surface area (Å²) in [7, 11) is -27.7. The van der Waals surface area contributed by atoms with Gasteiger partial charge in [0.2, 0.25) is 0 Å². The first-order chi connectivity index (χ1) is 28.5. The van der Waals surface area contributed by atoms with Crippen molar-refractivity contribution in [3.63, 3.8) is 0 Å². The van der Waals surface area contributed by atoms with Crippen molar-refractivity contribution in [3.8, 4) is 0 Å². The fourth-order valence-electron chi connectivity index (χ4n) is 4.45. The smallest absolute Gasteiger partial charge is 0.211 e. The third-order valence-electron chi connectivity index (χ3n) is 8.19. The zero-order valence-corrected chi connectivity index (χ0v) is 40.5. The second kappa shape index (κ2) is 31.7. The lowest BCUT2D eigenvalue weighted by Crippen LogP contribution is -2.38. The molecule has 0 N–H and O–H groups in total. The normalized spacial score (nSPS) is 16.5. The fourth-order valence-corrected chi connectivity index (χ4v) is 11.6. The molecule has 0 aromatic heterocycles. The Hall–Kier alpha value is -1.17. The predicted molar refractivity (Wildman–Crippen MR) is 216 cm³/mol. The van der Waals surface area contributed by atoms with Gasteiger partial charge in [-0.2, -0.15) is 64.5 Å². The zero-order chi connectivity index (χ0) is 49.2. The van der Waals surface area contributed by atoms with E-state index < -0.39 is 77.9 Å². The minimum atomic E-state index is -5.27. The third-order valence-corrected chi connectivity index (χ3v) is 17.7. The van der Waals surface area contributed by atoms with Crippen LogP contribution in [0.5, 0.6) is 0 Å². The highest BCUT2D eigenvalue weighted by atomic mass is 32.3. The van der Waals surface area contributed by atoms with E-state index in [2.05, 4.69) is 24.5 Å². The van der Waals surface area contributed by atoms with Crippen LogP contribution in [0.4, 0.5) is 39.9 Å². The molecule has 0 aliphatic carbocycles. The summed E-state index contributed by atoms with van der Waals surface area (Å²) >= 11 is 0. The van der Waals surface area contributed by atoms with Crippen LogP contribution in [0, 0.1) is 11.8 Å². The van der Waals surface area contributed by atoms with E-state index in [-0.39, 0.29) is 38.0 Å². The number of rotatable bonds is 30. The summed E-state index contributed by atoms with van der Waals surface area (Å²) in [4.78, 5) is 0. The molecule has 378 valence electrons. The Bertz CT molecular complexity index is 1940. The highest BCUT2D eigenvalue weighted by Gasteiger charge is 2.34. The largest absolute Gasteiger partial charge is 0.346 e. The summed E-state index contributed by atoms with van der Waals surface area (Å²) in [5.41, 5.74) is 0. The fraction of sp³-hybridized carbons (Fsp3) is 1.00. The molecule has 0 fully saturated rings. The maximum atomic E-state index is 12.9. The van der Waals surface area contributed by atoms with Crippen LogP contribution in [0.2, 0.25) is 0 Å². The molecular formula is C29H61F9N6O12S6. The van der Waals surface area contributed by atoms with Gasteiger partial charge in [-0.3, -0.25) is 0 Å². The summed E-state index contributed by atoms with van der Waals surface area (Å²) in [6, 6.07) is 0. The van der Waals surface area contributed by atoms with Gasteiger partial charge in [0.1, 0.15) is 0 Å². The van der Waals surface area contributed by atoms with E-state index in [9.17, 15) is 77.8 Å². The second-order valence-electron chi connectivity index (χ2n) is 13.2. The van der Waals surface area contributed by atoms with Crippen molar-refractivity contribution in [1.82, 2.24) is 12.9 Å². The molecule has 0 aliphatic rings. The summed E-state index contributed by atoms with van der Waals surface area (Å²) in [6.45, 7) is 11.7. The summed E-state index contributed by atoms with van der Waals surface area (Å²) < 4.78 is 231. The molecule has 0 aromatic carbocycles. The van der Waals surface area contributed by atoms with E-state index >= 15 is 0 Å². The first kappa shape index (κ1) is 65.1. The van der Waals surface area contributed by atoms with Crippen LogP contribution < -0.4 is 0 Å². The molecule has 0 rings (SSSR count). The maximum absolute atomic E-state index is 12.9. The number of halogens is 9. The number of nitrogens with zero attached hydrogens (tertiary/aromatic N) is 6. The van der Waals surface area contributed by atoms with Gasteiger partial charge < -0.3 is 0 Å². The number of unbranched alkanes of at least 4 members (excludes halogenated alkanes) is 4. The van der Waals surface area contributed by atoms with Gasteiger partial charge in [-0.15, -0.1) is 0 Å². The Labute approximate surface area is 362 Å². The van der Waals surface area contributed by atoms with Crippen LogP contribution in [0.25, 0.3) is 0 Å². The Morgan fingerprint density at radius 3 is 0.952 bits per heavy atom. The van der Waals surface area contributed by atoms with Crippen molar-refractivity contribution in [2.75, 3.05) is 40.3 Å². The van der Waals surface area contributed by atoms with E-state index in [1.54, 1.807) is 0 Å². The maximum Gasteiger partial charge on any atom is 0.346 e. The quantitative estimate of drug-likeness (QED) is 0.0618. The molecular weight excluding hydrogens is 988 g/mol. The molecule has 0 spiro atoms. The van der Waals surface area contributed by atoms with Gasteiger partial charge in [0.25, 0.3) is 30.0 Å². The number of hydrogen-bond donors (Lipinski definition) is 0. The molecule has 0 heterocycles. The second-order valence-corrected chi connectivity index (χ2v) is 24.0. The van der Waals surface area contributed by atoms with E-state index in [1.807, 2.05) is 41.5 Å². The lowest BCUT2D eigenvalue weighted by atomic mass is 9.97. The first-order valence-corrected chi connectivity index (χ1v) is 27.7. The summed E-state index contributed by atoms with van der Waals surface area (Å²) in [6.07, 6.45) is 8.91. The van der Waals surface area contributed by atoms with Crippen LogP contribution in [0.1, 0.15) is 119 Å². The van der Waals surface area contributed by atoms with Gasteiger partial charge in [0.05, 0.1) is 0 Å². The molecule has 0 saturated carbocycles. The molecule has 0 bridgehead atoms. The third kappa shape index (κ3) is 24.4. The highest BCUT2D eigenvalue weighted by molar-refractivity contribution is 8.00. The number of alkyl halides is 6. The molecule has 18 nitrogen and oxygen atoms in total.